The number of aliphatic hydroxyl groups is 3. The predicted octanol–water partition coefficient (Wildman–Crippen LogP) is -1.56. The first-order valence-corrected chi connectivity index (χ1v) is 6.67. The molecule has 100 valence electrons. The van der Waals surface area contributed by atoms with Crippen molar-refractivity contribution in [3.8, 4) is 0 Å². The molecule has 5 unspecified atom stereocenters. The van der Waals surface area contributed by atoms with E-state index in [-0.39, 0.29) is 0 Å². The van der Waals surface area contributed by atoms with E-state index in [4.69, 9.17) is 14.0 Å². The van der Waals surface area contributed by atoms with Crippen LogP contribution >= 0.6 is 22.7 Å². The van der Waals surface area contributed by atoms with Gasteiger partial charge in [0.2, 0.25) is 5.91 Å². The van der Waals surface area contributed by atoms with E-state index < -0.39 is 43.2 Å². The van der Waals surface area contributed by atoms with E-state index in [2.05, 4.69) is 17.0 Å². The Morgan fingerprint density at radius 2 is 2.18 bits per heavy atom. The van der Waals surface area contributed by atoms with E-state index in [1.54, 1.807) is 0 Å². The Balaban J connectivity index is 2.78. The van der Waals surface area contributed by atoms with Crippen molar-refractivity contribution in [1.82, 2.24) is 5.32 Å². The molecule has 17 heavy (non-hydrogen) atoms. The molecule has 0 radical (unpaired) electrons. The van der Waals surface area contributed by atoms with Crippen LogP contribution in [0.15, 0.2) is 0 Å². The lowest BCUT2D eigenvalue weighted by atomic mass is 9.97. The third-order valence-electron chi connectivity index (χ3n) is 2.39. The Labute approximate surface area is 107 Å². The zero-order valence-electron chi connectivity index (χ0n) is 9.02. The predicted molar refractivity (Wildman–Crippen MR) is 63.0 cm³/mol. The number of hydrogen-bond acceptors (Lipinski definition) is 8. The van der Waals surface area contributed by atoms with Crippen LogP contribution in [0.4, 0.5) is 0 Å². The second-order valence-corrected chi connectivity index (χ2v) is 4.39. The first-order valence-electron chi connectivity index (χ1n) is 4.87. The van der Waals surface area contributed by atoms with Gasteiger partial charge in [0, 0.05) is 6.92 Å². The molecule has 1 fully saturated rings. The number of carbonyl (C=O) groups is 1. The van der Waals surface area contributed by atoms with Gasteiger partial charge >= 0.3 is 0 Å². The van der Waals surface area contributed by atoms with Gasteiger partial charge in [-0.3, -0.25) is 8.98 Å². The Morgan fingerprint density at radius 1 is 1.53 bits per heavy atom. The van der Waals surface area contributed by atoms with Crippen LogP contribution in [0.5, 0.6) is 0 Å². The minimum absolute atomic E-state index is 0.398. The van der Waals surface area contributed by atoms with E-state index >= 15 is 0 Å². The summed E-state index contributed by atoms with van der Waals surface area (Å²) >= 11 is 4.47. The van der Waals surface area contributed by atoms with Crippen molar-refractivity contribution in [2.45, 2.75) is 37.6 Å². The van der Waals surface area contributed by atoms with Crippen molar-refractivity contribution < 1.29 is 29.0 Å². The third kappa shape index (κ3) is 3.71. The third-order valence-corrected chi connectivity index (χ3v) is 2.92. The molecule has 4 N–H and O–H groups in total. The molecule has 5 atom stereocenters. The number of carbonyl (C=O) groups excluding carboxylic acids is 1. The average molecular weight is 285 g/mol. The molecule has 7 nitrogen and oxygen atoms in total. The van der Waals surface area contributed by atoms with Crippen LogP contribution in [0, 0.1) is 0 Å². The minimum Gasteiger partial charge on any atom is -0.394 e. The molecule has 0 aromatic rings. The van der Waals surface area contributed by atoms with Crippen LogP contribution in [-0.2, 0) is 13.7 Å². The maximum absolute atomic E-state index is 11.0. The van der Waals surface area contributed by atoms with Gasteiger partial charge in [-0.05, 0) is 0 Å². The summed E-state index contributed by atoms with van der Waals surface area (Å²) in [7, 11) is 0. The summed E-state index contributed by atoms with van der Waals surface area (Å²) in [6, 6.07) is -0.926. The molecule has 9 heteroatoms. The lowest BCUT2D eigenvalue weighted by molar-refractivity contribution is -0.240. The van der Waals surface area contributed by atoms with Crippen molar-refractivity contribution in [3.05, 3.63) is 0 Å². The van der Waals surface area contributed by atoms with Crippen molar-refractivity contribution in [2.24, 2.45) is 0 Å². The molecule has 1 aliphatic rings. The number of ether oxygens (including phenoxy) is 1. The molecule has 1 aliphatic heterocycles. The normalized spacial score (nSPS) is 37.8. The van der Waals surface area contributed by atoms with Gasteiger partial charge in [-0.2, -0.15) is 0 Å². The highest BCUT2D eigenvalue weighted by molar-refractivity contribution is 8.66. The Bertz CT molecular complexity index is 268. The van der Waals surface area contributed by atoms with Crippen LogP contribution in [0.2, 0.25) is 0 Å². The van der Waals surface area contributed by atoms with Crippen molar-refractivity contribution >= 4 is 28.6 Å². The quantitative estimate of drug-likeness (QED) is 0.241. The highest BCUT2D eigenvalue weighted by atomic mass is 33.1. The molecular formula is C8H15NO6S2. The maximum atomic E-state index is 11.0. The second-order valence-electron chi connectivity index (χ2n) is 3.60. The van der Waals surface area contributed by atoms with Gasteiger partial charge in [-0.1, -0.05) is 11.7 Å². The maximum Gasteiger partial charge on any atom is 0.217 e. The van der Waals surface area contributed by atoms with E-state index in [1.165, 1.54) is 6.92 Å². The highest BCUT2D eigenvalue weighted by Crippen LogP contribution is 2.25. The van der Waals surface area contributed by atoms with Gasteiger partial charge in [0.05, 0.1) is 17.7 Å². The number of hydrogen-bond donors (Lipinski definition) is 5. The number of rotatable bonds is 4. The molecule has 1 rings (SSSR count). The summed E-state index contributed by atoms with van der Waals surface area (Å²) in [6.07, 6.45) is -4.57. The first-order chi connectivity index (χ1) is 8.01. The van der Waals surface area contributed by atoms with E-state index in [1.807, 2.05) is 0 Å². The van der Waals surface area contributed by atoms with Gasteiger partial charge in [0.1, 0.15) is 24.4 Å². The van der Waals surface area contributed by atoms with Crippen LogP contribution in [0.25, 0.3) is 0 Å². The Morgan fingerprint density at radius 3 is 2.65 bits per heavy atom. The van der Waals surface area contributed by atoms with Crippen molar-refractivity contribution in [1.29, 1.82) is 0 Å². The zero-order valence-corrected chi connectivity index (χ0v) is 10.7. The lowest BCUT2D eigenvalue weighted by Gasteiger charge is -2.41. The molecule has 0 bridgehead atoms. The SMILES string of the molecule is CC(=O)NC1C(OSS)OC(CO)C(O)C1O. The molecule has 0 aromatic heterocycles. The van der Waals surface area contributed by atoms with Crippen LogP contribution in [0.3, 0.4) is 0 Å². The summed E-state index contributed by atoms with van der Waals surface area (Å²) < 4.78 is 10.2. The fourth-order valence-corrected chi connectivity index (χ4v) is 2.10. The largest absolute Gasteiger partial charge is 0.394 e. The van der Waals surface area contributed by atoms with Crippen LogP contribution in [-0.4, -0.2) is 58.5 Å². The second kappa shape index (κ2) is 6.78. The topological polar surface area (TPSA) is 108 Å². The average Bonchev–Trinajstić information content (AvgIpc) is 2.28. The highest BCUT2D eigenvalue weighted by Gasteiger charge is 2.45. The summed E-state index contributed by atoms with van der Waals surface area (Å²) in [6.45, 7) is 0.796. The molecule has 0 saturated carbocycles. The lowest BCUT2D eigenvalue weighted by Crippen LogP contribution is -2.64. The molecular weight excluding hydrogens is 270 g/mol. The number of thiol groups is 1. The molecule has 1 heterocycles. The Kier molecular flexibility index (Phi) is 6.00. The summed E-state index contributed by atoms with van der Waals surface area (Å²) in [4.78, 5) is 11.0. The molecule has 1 saturated heterocycles. The van der Waals surface area contributed by atoms with Gasteiger partial charge < -0.3 is 25.4 Å². The number of nitrogens with one attached hydrogen (secondary N) is 1. The standard InChI is InChI=1S/C8H15NO6S2/c1-3(11)9-5-7(13)6(12)4(2-10)14-8(5)15-17-16/h4-8,10,12-13,16H,2H2,1H3,(H,9,11). The first kappa shape index (κ1) is 15.0. The fourth-order valence-electron chi connectivity index (χ4n) is 1.59. The van der Waals surface area contributed by atoms with Gasteiger partial charge in [0.25, 0.3) is 0 Å². The molecule has 1 amide bonds. The van der Waals surface area contributed by atoms with Gasteiger partial charge in [-0.25, -0.2) is 0 Å². The number of aliphatic hydroxyl groups excluding tert-OH is 3. The monoisotopic (exact) mass is 285 g/mol. The van der Waals surface area contributed by atoms with Crippen LogP contribution in [0.1, 0.15) is 6.92 Å². The molecule has 0 aliphatic carbocycles. The van der Waals surface area contributed by atoms with E-state index in [0.717, 1.165) is 0 Å². The molecule has 0 aromatic carbocycles. The summed E-state index contributed by atoms with van der Waals surface area (Å²) in [5.41, 5.74) is 0. The summed E-state index contributed by atoms with van der Waals surface area (Å²) in [5.74, 6) is -0.398. The fraction of sp³-hybridized carbons (Fsp3) is 0.875. The smallest absolute Gasteiger partial charge is 0.217 e. The zero-order chi connectivity index (χ0) is 13.0. The summed E-state index contributed by atoms with van der Waals surface area (Å²) in [5, 5.41) is 30.8. The minimum atomic E-state index is -1.30. The van der Waals surface area contributed by atoms with Gasteiger partial charge in [0.15, 0.2) is 6.29 Å². The van der Waals surface area contributed by atoms with Gasteiger partial charge in [-0.15, -0.1) is 0 Å². The molecule has 0 spiro atoms. The van der Waals surface area contributed by atoms with Crippen molar-refractivity contribution in [2.75, 3.05) is 6.61 Å². The Hall–Kier alpha value is -0.0300. The van der Waals surface area contributed by atoms with Crippen LogP contribution < -0.4 is 5.32 Å². The van der Waals surface area contributed by atoms with E-state index in [9.17, 15) is 15.0 Å². The van der Waals surface area contributed by atoms with Crippen molar-refractivity contribution in [3.63, 3.8) is 0 Å². The number of amides is 1. The van der Waals surface area contributed by atoms with E-state index in [0.29, 0.717) is 11.1 Å².